The Hall–Kier alpha value is -1.26. The number of likely N-dealkylation sites (tertiary alicyclic amines) is 1. The van der Waals surface area contributed by atoms with Gasteiger partial charge in [0.2, 0.25) is 6.79 Å². The van der Waals surface area contributed by atoms with E-state index in [0.29, 0.717) is 19.3 Å². The Kier molecular flexibility index (Phi) is 3.39. The lowest BCUT2D eigenvalue weighted by Crippen LogP contribution is -2.20. The maximum absolute atomic E-state index is 8.96. The van der Waals surface area contributed by atoms with Gasteiger partial charge in [0.25, 0.3) is 0 Å². The van der Waals surface area contributed by atoms with E-state index in [9.17, 15) is 0 Å². The Morgan fingerprint density at radius 1 is 1.28 bits per heavy atom. The van der Waals surface area contributed by atoms with Crippen molar-refractivity contribution in [3.8, 4) is 11.5 Å². The van der Waals surface area contributed by atoms with Crippen molar-refractivity contribution in [2.24, 2.45) is 5.92 Å². The van der Waals surface area contributed by atoms with E-state index in [1.807, 2.05) is 6.07 Å². The SMILES string of the molecule is OCCC1CCN(Cc2ccc3c(c2)OCO3)C1. The molecule has 0 aliphatic carbocycles. The highest BCUT2D eigenvalue weighted by Crippen LogP contribution is 2.33. The average Bonchev–Trinajstić information content (AvgIpc) is 2.98. The van der Waals surface area contributed by atoms with Crippen LogP contribution < -0.4 is 9.47 Å². The number of hydrogen-bond donors (Lipinski definition) is 1. The highest BCUT2D eigenvalue weighted by Gasteiger charge is 2.22. The molecule has 0 amide bonds. The molecule has 2 aliphatic rings. The fraction of sp³-hybridized carbons (Fsp3) is 0.571. The number of fused-ring (bicyclic) bond motifs is 1. The first-order chi connectivity index (χ1) is 8.85. The van der Waals surface area contributed by atoms with Crippen molar-refractivity contribution in [2.75, 3.05) is 26.5 Å². The third kappa shape index (κ3) is 2.44. The lowest BCUT2D eigenvalue weighted by atomic mass is 10.1. The van der Waals surface area contributed by atoms with E-state index in [-0.39, 0.29) is 0 Å². The molecule has 1 saturated heterocycles. The van der Waals surface area contributed by atoms with Gasteiger partial charge < -0.3 is 14.6 Å². The smallest absolute Gasteiger partial charge is 0.231 e. The molecule has 2 heterocycles. The molecule has 2 aliphatic heterocycles. The molecular weight excluding hydrogens is 230 g/mol. The molecule has 4 nitrogen and oxygen atoms in total. The van der Waals surface area contributed by atoms with Crippen molar-refractivity contribution in [3.63, 3.8) is 0 Å². The molecule has 0 radical (unpaired) electrons. The topological polar surface area (TPSA) is 41.9 Å². The van der Waals surface area contributed by atoms with Crippen LogP contribution in [0.5, 0.6) is 11.5 Å². The Bertz CT molecular complexity index is 422. The molecule has 1 aromatic carbocycles. The van der Waals surface area contributed by atoms with Crippen LogP contribution >= 0.6 is 0 Å². The number of aliphatic hydroxyl groups is 1. The second kappa shape index (κ2) is 5.16. The Balaban J connectivity index is 1.60. The van der Waals surface area contributed by atoms with Crippen LogP contribution in [0.25, 0.3) is 0 Å². The fourth-order valence-electron chi connectivity index (χ4n) is 2.77. The van der Waals surface area contributed by atoms with E-state index in [1.165, 1.54) is 12.0 Å². The van der Waals surface area contributed by atoms with Crippen molar-refractivity contribution >= 4 is 0 Å². The standard InChI is InChI=1S/C14H19NO3/c16-6-4-11-3-5-15(8-11)9-12-1-2-13-14(7-12)18-10-17-13/h1-2,7,11,16H,3-6,8-10H2. The van der Waals surface area contributed by atoms with Crippen molar-refractivity contribution in [2.45, 2.75) is 19.4 Å². The molecule has 18 heavy (non-hydrogen) atoms. The highest BCUT2D eigenvalue weighted by molar-refractivity contribution is 5.44. The van der Waals surface area contributed by atoms with Crippen LogP contribution in [0.15, 0.2) is 18.2 Å². The second-order valence-corrected chi connectivity index (χ2v) is 5.09. The number of hydrogen-bond acceptors (Lipinski definition) is 4. The number of ether oxygens (including phenoxy) is 2. The van der Waals surface area contributed by atoms with E-state index in [4.69, 9.17) is 14.6 Å². The maximum atomic E-state index is 8.96. The molecule has 1 N–H and O–H groups in total. The molecule has 4 heteroatoms. The van der Waals surface area contributed by atoms with Crippen molar-refractivity contribution < 1.29 is 14.6 Å². The normalized spacial score (nSPS) is 22.6. The molecule has 3 rings (SSSR count). The predicted octanol–water partition coefficient (Wildman–Crippen LogP) is 1.62. The van der Waals surface area contributed by atoms with Crippen LogP contribution in [0, 0.1) is 5.92 Å². The number of nitrogens with zero attached hydrogens (tertiary/aromatic N) is 1. The summed E-state index contributed by atoms with van der Waals surface area (Å²) in [6.45, 7) is 3.82. The number of benzene rings is 1. The van der Waals surface area contributed by atoms with E-state index < -0.39 is 0 Å². The fourth-order valence-corrected chi connectivity index (χ4v) is 2.77. The molecule has 0 bridgehead atoms. The van der Waals surface area contributed by atoms with Crippen LogP contribution in [-0.2, 0) is 6.54 Å². The van der Waals surface area contributed by atoms with Gasteiger partial charge in [0, 0.05) is 19.7 Å². The van der Waals surface area contributed by atoms with Gasteiger partial charge >= 0.3 is 0 Å². The predicted molar refractivity (Wildman–Crippen MR) is 67.7 cm³/mol. The van der Waals surface area contributed by atoms with Gasteiger partial charge in [0.05, 0.1) is 0 Å². The molecule has 0 spiro atoms. The Labute approximate surface area is 107 Å². The Morgan fingerprint density at radius 3 is 3.06 bits per heavy atom. The van der Waals surface area contributed by atoms with Crippen LogP contribution in [0.1, 0.15) is 18.4 Å². The summed E-state index contributed by atoms with van der Waals surface area (Å²) in [6, 6.07) is 6.16. The lowest BCUT2D eigenvalue weighted by molar-refractivity contribution is 0.174. The third-order valence-corrected chi connectivity index (χ3v) is 3.75. The summed E-state index contributed by atoms with van der Waals surface area (Å²) >= 11 is 0. The van der Waals surface area contributed by atoms with Crippen LogP contribution in [0.3, 0.4) is 0 Å². The monoisotopic (exact) mass is 249 g/mol. The average molecular weight is 249 g/mol. The third-order valence-electron chi connectivity index (χ3n) is 3.75. The zero-order valence-electron chi connectivity index (χ0n) is 10.5. The summed E-state index contributed by atoms with van der Waals surface area (Å²) in [7, 11) is 0. The molecule has 1 atom stereocenters. The van der Waals surface area contributed by atoms with Crippen LogP contribution in [0.2, 0.25) is 0 Å². The van der Waals surface area contributed by atoms with Crippen LogP contribution in [0.4, 0.5) is 0 Å². The van der Waals surface area contributed by atoms with Gasteiger partial charge in [-0.25, -0.2) is 0 Å². The van der Waals surface area contributed by atoms with Gasteiger partial charge in [-0.05, 0) is 43.0 Å². The molecule has 1 fully saturated rings. The van der Waals surface area contributed by atoms with E-state index in [2.05, 4.69) is 17.0 Å². The maximum Gasteiger partial charge on any atom is 0.231 e. The Morgan fingerprint density at radius 2 is 2.17 bits per heavy atom. The van der Waals surface area contributed by atoms with E-state index >= 15 is 0 Å². The molecule has 0 aromatic heterocycles. The second-order valence-electron chi connectivity index (χ2n) is 5.09. The summed E-state index contributed by atoms with van der Waals surface area (Å²) in [4.78, 5) is 2.44. The minimum atomic E-state index is 0.308. The summed E-state index contributed by atoms with van der Waals surface area (Å²) in [6.07, 6.45) is 2.13. The van der Waals surface area contributed by atoms with Crippen molar-refractivity contribution in [1.82, 2.24) is 4.90 Å². The van der Waals surface area contributed by atoms with E-state index in [1.54, 1.807) is 0 Å². The molecule has 0 saturated carbocycles. The summed E-state index contributed by atoms with van der Waals surface area (Å²) in [5, 5.41) is 8.96. The first kappa shape index (κ1) is 11.8. The molecule has 1 unspecified atom stereocenters. The van der Waals surface area contributed by atoms with Gasteiger partial charge in [-0.3, -0.25) is 4.90 Å². The number of aliphatic hydroxyl groups excluding tert-OH is 1. The molecular formula is C14H19NO3. The van der Waals surface area contributed by atoms with Gasteiger partial charge in [0.1, 0.15) is 0 Å². The largest absolute Gasteiger partial charge is 0.454 e. The summed E-state index contributed by atoms with van der Waals surface area (Å²) in [5.74, 6) is 2.36. The highest BCUT2D eigenvalue weighted by atomic mass is 16.7. The van der Waals surface area contributed by atoms with Crippen LogP contribution in [-0.4, -0.2) is 36.5 Å². The van der Waals surface area contributed by atoms with Gasteiger partial charge in [-0.2, -0.15) is 0 Å². The van der Waals surface area contributed by atoms with E-state index in [0.717, 1.165) is 37.6 Å². The van der Waals surface area contributed by atoms with Crippen molar-refractivity contribution in [1.29, 1.82) is 0 Å². The minimum absolute atomic E-state index is 0.308. The first-order valence-corrected chi connectivity index (χ1v) is 6.57. The lowest BCUT2D eigenvalue weighted by Gasteiger charge is -2.16. The first-order valence-electron chi connectivity index (χ1n) is 6.57. The molecule has 98 valence electrons. The van der Waals surface area contributed by atoms with Gasteiger partial charge in [0.15, 0.2) is 11.5 Å². The summed E-state index contributed by atoms with van der Waals surface area (Å²) in [5.41, 5.74) is 1.27. The zero-order chi connectivity index (χ0) is 12.4. The van der Waals surface area contributed by atoms with Crippen molar-refractivity contribution in [3.05, 3.63) is 23.8 Å². The van der Waals surface area contributed by atoms with Gasteiger partial charge in [-0.1, -0.05) is 6.07 Å². The summed E-state index contributed by atoms with van der Waals surface area (Å²) < 4.78 is 10.7. The number of rotatable bonds is 4. The minimum Gasteiger partial charge on any atom is -0.454 e. The zero-order valence-corrected chi connectivity index (χ0v) is 10.5. The molecule has 1 aromatic rings. The quantitative estimate of drug-likeness (QED) is 0.880. The van der Waals surface area contributed by atoms with Gasteiger partial charge in [-0.15, -0.1) is 0 Å².